The Hall–Kier alpha value is -2.89. The van der Waals surface area contributed by atoms with Crippen molar-refractivity contribution >= 4 is 17.1 Å². The van der Waals surface area contributed by atoms with Crippen molar-refractivity contribution in [3.63, 3.8) is 0 Å². The van der Waals surface area contributed by atoms with Crippen LogP contribution in [0.25, 0.3) is 11.2 Å². The van der Waals surface area contributed by atoms with Crippen molar-refractivity contribution in [2.24, 2.45) is 5.92 Å². The molecule has 0 aliphatic carbocycles. The molecule has 0 saturated heterocycles. The molecule has 3 rings (SSSR count). The number of pyridine rings is 1. The van der Waals surface area contributed by atoms with E-state index in [-0.39, 0.29) is 24.4 Å². The standard InChI is InChI=1S/C23H30N4O2/c1-15(2)13-19(25-21(28)14-17-9-6-7-11-20(17)29-5)23-26-18-10-8-12-24-22(18)27(23)16(3)4/h6-12,15-16,19H,13-14H2,1-5H3,(H,25,28)/t19-/m1/s1. The largest absolute Gasteiger partial charge is 0.496 e. The van der Waals surface area contributed by atoms with Gasteiger partial charge in [0.1, 0.15) is 17.1 Å². The lowest BCUT2D eigenvalue weighted by Crippen LogP contribution is -2.33. The summed E-state index contributed by atoms with van der Waals surface area (Å²) in [7, 11) is 1.62. The Labute approximate surface area is 172 Å². The van der Waals surface area contributed by atoms with E-state index in [4.69, 9.17) is 9.72 Å². The summed E-state index contributed by atoms with van der Waals surface area (Å²) >= 11 is 0. The molecule has 0 radical (unpaired) electrons. The molecule has 6 nitrogen and oxygen atoms in total. The minimum Gasteiger partial charge on any atom is -0.496 e. The van der Waals surface area contributed by atoms with E-state index in [1.54, 1.807) is 13.3 Å². The molecule has 0 spiro atoms. The predicted octanol–water partition coefficient (Wildman–Crippen LogP) is 4.47. The van der Waals surface area contributed by atoms with Crippen LogP contribution >= 0.6 is 0 Å². The minimum absolute atomic E-state index is 0.0459. The molecular formula is C23H30N4O2. The number of hydrogen-bond donors (Lipinski definition) is 1. The summed E-state index contributed by atoms with van der Waals surface area (Å²) in [6.07, 6.45) is 2.84. The van der Waals surface area contributed by atoms with Crippen molar-refractivity contribution in [3.05, 3.63) is 54.0 Å². The fraction of sp³-hybridized carbons (Fsp3) is 0.435. The molecule has 1 atom stereocenters. The van der Waals surface area contributed by atoms with E-state index in [0.717, 1.165) is 34.7 Å². The number of para-hydroxylation sites is 1. The van der Waals surface area contributed by atoms with E-state index in [1.807, 2.05) is 36.4 Å². The highest BCUT2D eigenvalue weighted by atomic mass is 16.5. The van der Waals surface area contributed by atoms with Crippen molar-refractivity contribution < 1.29 is 9.53 Å². The quantitative estimate of drug-likeness (QED) is 0.612. The Morgan fingerprint density at radius 2 is 1.90 bits per heavy atom. The topological polar surface area (TPSA) is 69.0 Å². The molecule has 2 aromatic heterocycles. The molecule has 0 fully saturated rings. The summed E-state index contributed by atoms with van der Waals surface area (Å²) in [4.78, 5) is 22.3. The third-order valence-electron chi connectivity index (χ3n) is 4.89. The number of imidazole rings is 1. The third kappa shape index (κ3) is 4.75. The van der Waals surface area contributed by atoms with Crippen LogP contribution in [-0.4, -0.2) is 27.6 Å². The Morgan fingerprint density at radius 3 is 2.59 bits per heavy atom. The maximum absolute atomic E-state index is 12.9. The van der Waals surface area contributed by atoms with Crippen LogP contribution in [0.4, 0.5) is 0 Å². The average Bonchev–Trinajstić information content (AvgIpc) is 3.07. The van der Waals surface area contributed by atoms with Gasteiger partial charge in [0.05, 0.1) is 19.6 Å². The number of nitrogens with zero attached hydrogens (tertiary/aromatic N) is 3. The lowest BCUT2D eigenvalue weighted by atomic mass is 10.0. The van der Waals surface area contributed by atoms with E-state index in [2.05, 4.69) is 42.6 Å². The smallest absolute Gasteiger partial charge is 0.225 e. The predicted molar refractivity (Wildman–Crippen MR) is 115 cm³/mol. The summed E-state index contributed by atoms with van der Waals surface area (Å²) in [6.45, 7) is 8.53. The van der Waals surface area contributed by atoms with Gasteiger partial charge >= 0.3 is 0 Å². The van der Waals surface area contributed by atoms with Crippen LogP contribution in [0, 0.1) is 5.92 Å². The second-order valence-corrected chi connectivity index (χ2v) is 8.02. The molecule has 1 amide bonds. The van der Waals surface area contributed by atoms with Gasteiger partial charge in [-0.1, -0.05) is 32.0 Å². The van der Waals surface area contributed by atoms with E-state index in [1.165, 1.54) is 0 Å². The Bertz CT molecular complexity index is 978. The Balaban J connectivity index is 1.92. The molecule has 0 aliphatic heterocycles. The summed E-state index contributed by atoms with van der Waals surface area (Å²) in [6, 6.07) is 11.5. The lowest BCUT2D eigenvalue weighted by molar-refractivity contribution is -0.121. The van der Waals surface area contributed by atoms with Gasteiger partial charge < -0.3 is 14.6 Å². The second kappa shape index (κ2) is 9.07. The molecule has 154 valence electrons. The highest BCUT2D eigenvalue weighted by Crippen LogP contribution is 2.28. The van der Waals surface area contributed by atoms with Gasteiger partial charge in [0.2, 0.25) is 5.91 Å². The molecule has 0 bridgehead atoms. The van der Waals surface area contributed by atoms with Gasteiger partial charge in [0.25, 0.3) is 0 Å². The molecule has 29 heavy (non-hydrogen) atoms. The first-order valence-electron chi connectivity index (χ1n) is 10.1. The molecule has 6 heteroatoms. The number of methoxy groups -OCH3 is 1. The van der Waals surface area contributed by atoms with Gasteiger partial charge in [-0.25, -0.2) is 9.97 Å². The first-order chi connectivity index (χ1) is 13.9. The number of benzene rings is 1. The number of rotatable bonds is 8. The lowest BCUT2D eigenvalue weighted by Gasteiger charge is -2.23. The summed E-state index contributed by atoms with van der Waals surface area (Å²) in [5.74, 6) is 1.94. The number of aromatic nitrogens is 3. The molecule has 1 aromatic carbocycles. The Kier molecular flexibility index (Phi) is 6.52. The molecule has 3 aromatic rings. The number of ether oxygens (including phenoxy) is 1. The number of amides is 1. The highest BCUT2D eigenvalue weighted by Gasteiger charge is 2.25. The third-order valence-corrected chi connectivity index (χ3v) is 4.89. The number of nitrogens with one attached hydrogen (secondary N) is 1. The SMILES string of the molecule is COc1ccccc1CC(=O)N[C@H](CC(C)C)c1nc2cccnc2n1C(C)C. The van der Waals surface area contributed by atoms with E-state index < -0.39 is 0 Å². The van der Waals surface area contributed by atoms with Gasteiger partial charge in [-0.2, -0.15) is 0 Å². The number of fused-ring (bicyclic) bond motifs is 1. The molecule has 2 heterocycles. The van der Waals surface area contributed by atoms with Crippen LogP contribution in [0.15, 0.2) is 42.6 Å². The van der Waals surface area contributed by atoms with Crippen LogP contribution in [0.1, 0.15) is 57.6 Å². The summed E-state index contributed by atoms with van der Waals surface area (Å²) < 4.78 is 7.52. The molecule has 0 saturated carbocycles. The first kappa shape index (κ1) is 20.8. The number of carbonyl (C=O) groups is 1. The van der Waals surface area contributed by atoms with Gasteiger partial charge in [-0.3, -0.25) is 4.79 Å². The average molecular weight is 395 g/mol. The van der Waals surface area contributed by atoms with E-state index in [0.29, 0.717) is 5.92 Å². The summed E-state index contributed by atoms with van der Waals surface area (Å²) in [5.41, 5.74) is 2.57. The van der Waals surface area contributed by atoms with Crippen LogP contribution in [0.5, 0.6) is 5.75 Å². The minimum atomic E-state index is -0.186. The first-order valence-corrected chi connectivity index (χ1v) is 10.1. The fourth-order valence-corrected chi connectivity index (χ4v) is 3.67. The van der Waals surface area contributed by atoms with Crippen LogP contribution < -0.4 is 10.1 Å². The number of hydrogen-bond acceptors (Lipinski definition) is 4. The Morgan fingerprint density at radius 1 is 1.14 bits per heavy atom. The summed E-state index contributed by atoms with van der Waals surface area (Å²) in [5, 5.41) is 3.22. The molecular weight excluding hydrogens is 364 g/mol. The van der Waals surface area contributed by atoms with Crippen molar-refractivity contribution in [3.8, 4) is 5.75 Å². The van der Waals surface area contributed by atoms with Gasteiger partial charge in [-0.15, -0.1) is 0 Å². The maximum Gasteiger partial charge on any atom is 0.225 e. The highest BCUT2D eigenvalue weighted by molar-refractivity contribution is 5.80. The van der Waals surface area contributed by atoms with Gasteiger partial charge in [0.15, 0.2) is 5.65 Å². The van der Waals surface area contributed by atoms with Crippen LogP contribution in [0.3, 0.4) is 0 Å². The van der Waals surface area contributed by atoms with E-state index >= 15 is 0 Å². The monoisotopic (exact) mass is 394 g/mol. The second-order valence-electron chi connectivity index (χ2n) is 8.02. The van der Waals surface area contributed by atoms with Crippen molar-refractivity contribution in [2.75, 3.05) is 7.11 Å². The van der Waals surface area contributed by atoms with Gasteiger partial charge in [0, 0.05) is 17.8 Å². The molecule has 1 N–H and O–H groups in total. The molecule has 0 unspecified atom stereocenters. The number of carbonyl (C=O) groups excluding carboxylic acids is 1. The maximum atomic E-state index is 12.9. The van der Waals surface area contributed by atoms with Gasteiger partial charge in [-0.05, 0) is 44.4 Å². The van der Waals surface area contributed by atoms with E-state index in [9.17, 15) is 4.79 Å². The fourth-order valence-electron chi connectivity index (χ4n) is 3.67. The zero-order valence-electron chi connectivity index (χ0n) is 17.8. The molecule has 0 aliphatic rings. The van der Waals surface area contributed by atoms with Crippen molar-refractivity contribution in [1.82, 2.24) is 19.9 Å². The normalized spacial score (nSPS) is 12.5. The van der Waals surface area contributed by atoms with Crippen molar-refractivity contribution in [1.29, 1.82) is 0 Å². The van der Waals surface area contributed by atoms with Crippen LogP contribution in [-0.2, 0) is 11.2 Å². The van der Waals surface area contributed by atoms with Crippen LogP contribution in [0.2, 0.25) is 0 Å². The zero-order valence-corrected chi connectivity index (χ0v) is 17.8. The zero-order chi connectivity index (χ0) is 21.0. The van der Waals surface area contributed by atoms with Crippen molar-refractivity contribution in [2.45, 2.75) is 52.6 Å².